The molecule has 0 atom stereocenters. The van der Waals surface area contributed by atoms with Gasteiger partial charge in [0.2, 0.25) is 0 Å². The Morgan fingerprint density at radius 2 is 2.38 bits per heavy atom. The molecule has 0 bridgehead atoms. The van der Waals surface area contributed by atoms with Gasteiger partial charge >= 0.3 is 0 Å². The van der Waals surface area contributed by atoms with Gasteiger partial charge in [-0.3, -0.25) is 9.48 Å². The van der Waals surface area contributed by atoms with Gasteiger partial charge in [-0.15, -0.1) is 0 Å². The summed E-state index contributed by atoms with van der Waals surface area (Å²) in [5.74, 6) is 0.153. The number of carbonyl (C=O) groups is 1. The largest absolute Gasteiger partial charge is 0.364 e. The molecule has 4 nitrogen and oxygen atoms in total. The van der Waals surface area contributed by atoms with Crippen molar-refractivity contribution in [1.82, 2.24) is 9.78 Å². The molecular formula is C9H13N3O. The van der Waals surface area contributed by atoms with Crippen molar-refractivity contribution in [3.05, 3.63) is 17.5 Å². The van der Waals surface area contributed by atoms with Crippen LogP contribution >= 0.6 is 0 Å². The summed E-state index contributed by atoms with van der Waals surface area (Å²) < 4.78 is 1.57. The van der Waals surface area contributed by atoms with Crippen LogP contribution in [0, 0.1) is 0 Å². The molecule has 2 N–H and O–H groups in total. The fraction of sp³-hybridized carbons (Fsp3) is 0.556. The Morgan fingerprint density at radius 1 is 1.69 bits per heavy atom. The summed E-state index contributed by atoms with van der Waals surface area (Å²) >= 11 is 0. The van der Waals surface area contributed by atoms with Gasteiger partial charge in [0.25, 0.3) is 5.91 Å². The molecule has 0 spiro atoms. The fourth-order valence-electron chi connectivity index (χ4n) is 1.62. The average molecular weight is 179 g/mol. The summed E-state index contributed by atoms with van der Waals surface area (Å²) in [6.07, 6.45) is 3.65. The maximum absolute atomic E-state index is 10.9. The molecule has 0 unspecified atom stereocenters. The lowest BCUT2D eigenvalue weighted by atomic mass is 9.83. The quantitative estimate of drug-likeness (QED) is 0.729. The van der Waals surface area contributed by atoms with Crippen LogP contribution in [0.3, 0.4) is 0 Å². The zero-order valence-corrected chi connectivity index (χ0v) is 7.66. The van der Waals surface area contributed by atoms with E-state index in [0.29, 0.717) is 11.6 Å². The Hall–Kier alpha value is -1.32. The molecule has 2 rings (SSSR count). The molecule has 1 saturated carbocycles. The molecule has 13 heavy (non-hydrogen) atoms. The number of nitrogens with two attached hydrogens (primary N) is 1. The van der Waals surface area contributed by atoms with Gasteiger partial charge in [-0.1, -0.05) is 6.42 Å². The minimum absolute atomic E-state index is 0.402. The Labute approximate surface area is 76.7 Å². The van der Waals surface area contributed by atoms with Crippen LogP contribution in [-0.4, -0.2) is 15.7 Å². The van der Waals surface area contributed by atoms with Crippen LogP contribution in [0.4, 0.5) is 0 Å². The van der Waals surface area contributed by atoms with Crippen molar-refractivity contribution in [3.8, 4) is 0 Å². The van der Waals surface area contributed by atoms with Gasteiger partial charge in [-0.25, -0.2) is 0 Å². The van der Waals surface area contributed by atoms with E-state index in [2.05, 4.69) is 5.10 Å². The minimum Gasteiger partial charge on any atom is -0.364 e. The standard InChI is InChI=1S/C9H13N3O/c1-12-8(9(10)13)5-7(11-12)6-3-2-4-6/h5-6H,2-4H2,1H3,(H2,10,13). The number of amides is 1. The fourth-order valence-corrected chi connectivity index (χ4v) is 1.62. The molecule has 0 radical (unpaired) electrons. The third kappa shape index (κ3) is 1.32. The molecular weight excluding hydrogens is 166 g/mol. The van der Waals surface area contributed by atoms with E-state index >= 15 is 0 Å². The molecule has 1 aromatic rings. The number of aryl methyl sites for hydroxylation is 1. The van der Waals surface area contributed by atoms with Crippen LogP contribution in [0.15, 0.2) is 6.07 Å². The lowest BCUT2D eigenvalue weighted by Gasteiger charge is -2.22. The van der Waals surface area contributed by atoms with E-state index in [1.54, 1.807) is 11.7 Å². The number of hydrogen-bond acceptors (Lipinski definition) is 2. The van der Waals surface area contributed by atoms with Crippen molar-refractivity contribution >= 4 is 5.91 Å². The molecule has 0 saturated heterocycles. The van der Waals surface area contributed by atoms with Crippen LogP contribution in [-0.2, 0) is 7.05 Å². The van der Waals surface area contributed by atoms with E-state index in [1.165, 1.54) is 19.3 Å². The monoisotopic (exact) mass is 179 g/mol. The number of carbonyl (C=O) groups excluding carboxylic acids is 1. The lowest BCUT2D eigenvalue weighted by molar-refractivity contribution is 0.0991. The first-order valence-corrected chi connectivity index (χ1v) is 4.52. The molecule has 1 aliphatic carbocycles. The Morgan fingerprint density at radius 3 is 2.77 bits per heavy atom. The van der Waals surface area contributed by atoms with Gasteiger partial charge in [0.1, 0.15) is 5.69 Å². The van der Waals surface area contributed by atoms with E-state index in [-0.39, 0.29) is 0 Å². The number of nitrogens with zero attached hydrogens (tertiary/aromatic N) is 2. The molecule has 70 valence electrons. The van der Waals surface area contributed by atoms with Crippen molar-refractivity contribution in [2.75, 3.05) is 0 Å². The number of rotatable bonds is 2. The highest BCUT2D eigenvalue weighted by atomic mass is 16.1. The van der Waals surface area contributed by atoms with Crippen molar-refractivity contribution in [2.45, 2.75) is 25.2 Å². The third-order valence-corrected chi connectivity index (χ3v) is 2.67. The van der Waals surface area contributed by atoms with Gasteiger partial charge in [0, 0.05) is 13.0 Å². The summed E-state index contributed by atoms with van der Waals surface area (Å²) in [4.78, 5) is 10.9. The Balaban J connectivity index is 2.28. The molecule has 1 fully saturated rings. The molecule has 1 heterocycles. The maximum Gasteiger partial charge on any atom is 0.266 e. The van der Waals surface area contributed by atoms with E-state index in [1.807, 2.05) is 6.07 Å². The molecule has 1 amide bonds. The average Bonchev–Trinajstić information content (AvgIpc) is 2.27. The molecule has 1 aromatic heterocycles. The Kier molecular flexibility index (Phi) is 1.83. The third-order valence-electron chi connectivity index (χ3n) is 2.67. The normalized spacial score (nSPS) is 17.0. The van der Waals surface area contributed by atoms with E-state index in [9.17, 15) is 4.79 Å². The van der Waals surface area contributed by atoms with Crippen molar-refractivity contribution in [1.29, 1.82) is 0 Å². The summed E-state index contributed by atoms with van der Waals surface area (Å²) in [7, 11) is 1.75. The van der Waals surface area contributed by atoms with Crippen molar-refractivity contribution in [2.24, 2.45) is 12.8 Å². The Bertz CT molecular complexity index is 339. The summed E-state index contributed by atoms with van der Waals surface area (Å²) in [6.45, 7) is 0. The second kappa shape index (κ2) is 2.87. The molecule has 4 heteroatoms. The van der Waals surface area contributed by atoms with Gasteiger partial charge in [-0.2, -0.15) is 5.10 Å². The molecule has 0 aromatic carbocycles. The second-order valence-corrected chi connectivity index (χ2v) is 3.57. The number of hydrogen-bond donors (Lipinski definition) is 1. The van der Waals surface area contributed by atoms with Gasteiger partial charge < -0.3 is 5.73 Å². The van der Waals surface area contributed by atoms with E-state index in [0.717, 1.165) is 5.69 Å². The number of primary amides is 1. The van der Waals surface area contributed by atoms with Crippen molar-refractivity contribution in [3.63, 3.8) is 0 Å². The van der Waals surface area contributed by atoms with E-state index in [4.69, 9.17) is 5.73 Å². The van der Waals surface area contributed by atoms with E-state index < -0.39 is 5.91 Å². The van der Waals surface area contributed by atoms with Crippen LogP contribution < -0.4 is 5.73 Å². The van der Waals surface area contributed by atoms with Crippen LogP contribution in [0.1, 0.15) is 41.4 Å². The highest BCUT2D eigenvalue weighted by Gasteiger charge is 2.23. The highest BCUT2D eigenvalue weighted by Crippen LogP contribution is 2.35. The predicted octanol–water partition coefficient (Wildman–Crippen LogP) is 0.786. The zero-order chi connectivity index (χ0) is 9.42. The van der Waals surface area contributed by atoms with Gasteiger partial charge in [0.15, 0.2) is 0 Å². The maximum atomic E-state index is 10.9. The first kappa shape index (κ1) is 8.29. The van der Waals surface area contributed by atoms with Crippen molar-refractivity contribution < 1.29 is 4.79 Å². The summed E-state index contributed by atoms with van der Waals surface area (Å²) in [6, 6.07) is 1.81. The topological polar surface area (TPSA) is 60.9 Å². The predicted molar refractivity (Wildman–Crippen MR) is 48.3 cm³/mol. The van der Waals surface area contributed by atoms with Crippen LogP contribution in [0.25, 0.3) is 0 Å². The lowest BCUT2D eigenvalue weighted by Crippen LogP contribution is -2.15. The van der Waals surface area contributed by atoms with Crippen LogP contribution in [0.2, 0.25) is 0 Å². The number of aromatic nitrogens is 2. The first-order chi connectivity index (χ1) is 6.18. The highest BCUT2D eigenvalue weighted by molar-refractivity contribution is 5.91. The zero-order valence-electron chi connectivity index (χ0n) is 7.66. The minimum atomic E-state index is -0.402. The second-order valence-electron chi connectivity index (χ2n) is 3.57. The summed E-state index contributed by atoms with van der Waals surface area (Å²) in [5.41, 5.74) is 6.71. The van der Waals surface area contributed by atoms with Crippen LogP contribution in [0.5, 0.6) is 0 Å². The first-order valence-electron chi connectivity index (χ1n) is 4.52. The van der Waals surface area contributed by atoms with Gasteiger partial charge in [-0.05, 0) is 18.9 Å². The molecule has 1 aliphatic rings. The molecule has 0 aliphatic heterocycles. The SMILES string of the molecule is Cn1nc(C2CCC2)cc1C(N)=O. The smallest absolute Gasteiger partial charge is 0.266 e. The van der Waals surface area contributed by atoms with Gasteiger partial charge in [0.05, 0.1) is 5.69 Å². The summed E-state index contributed by atoms with van der Waals surface area (Å²) in [5, 5.41) is 4.27.